The van der Waals surface area contributed by atoms with Gasteiger partial charge < -0.3 is 9.72 Å². The highest BCUT2D eigenvalue weighted by molar-refractivity contribution is 5.95. The van der Waals surface area contributed by atoms with Crippen LogP contribution < -0.4 is 5.32 Å². The summed E-state index contributed by atoms with van der Waals surface area (Å²) in [5, 5.41) is 2.78. The number of carbonyl (C=O) groups excluding carboxylic acids is 1. The maximum atomic E-state index is 13.7. The predicted octanol–water partition coefficient (Wildman–Crippen LogP) is 5.56. The molecular weight excluding hydrogens is 405 g/mol. The summed E-state index contributed by atoms with van der Waals surface area (Å²) >= 11 is 0. The molecule has 1 aliphatic carbocycles. The van der Waals surface area contributed by atoms with Crippen molar-refractivity contribution in [3.63, 3.8) is 0 Å². The molecule has 2 aromatic heterocycles. The summed E-state index contributed by atoms with van der Waals surface area (Å²) < 4.78 is 69.4. The van der Waals surface area contributed by atoms with Crippen LogP contribution in [0.25, 0.3) is 5.65 Å². The maximum absolute atomic E-state index is 13.7. The van der Waals surface area contributed by atoms with Crippen molar-refractivity contribution in [1.82, 2.24) is 14.7 Å². The summed E-state index contributed by atoms with van der Waals surface area (Å²) in [7, 11) is 0. The van der Waals surface area contributed by atoms with Crippen LogP contribution in [0.2, 0.25) is 0 Å². The molecule has 30 heavy (non-hydrogen) atoms. The highest BCUT2D eigenvalue weighted by Gasteiger charge is 2.40. The molecule has 0 bridgehead atoms. The Morgan fingerprint density at radius 2 is 1.80 bits per heavy atom. The third kappa shape index (κ3) is 4.92. The Morgan fingerprint density at radius 3 is 2.33 bits per heavy atom. The first kappa shape index (κ1) is 22.5. The first-order chi connectivity index (χ1) is 13.7. The number of hydrogen-bond donors (Lipinski definition) is 1. The van der Waals surface area contributed by atoms with Gasteiger partial charge in [-0.2, -0.15) is 13.2 Å². The Hall–Kier alpha value is -2.19. The van der Waals surface area contributed by atoms with Gasteiger partial charge >= 0.3 is 6.18 Å². The van der Waals surface area contributed by atoms with Crippen LogP contribution in [0, 0.1) is 12.8 Å². The van der Waals surface area contributed by atoms with Crippen molar-refractivity contribution in [3.8, 4) is 0 Å². The van der Waals surface area contributed by atoms with E-state index >= 15 is 0 Å². The smallest absolute Gasteiger partial charge is 0.347 e. The molecule has 9 heteroatoms. The zero-order valence-electron chi connectivity index (χ0n) is 17.5. The number of fused-ring (bicyclic) bond motifs is 1. The van der Waals surface area contributed by atoms with Gasteiger partial charge in [-0.3, -0.25) is 4.79 Å². The second-order valence-corrected chi connectivity index (χ2v) is 9.19. The van der Waals surface area contributed by atoms with Crippen LogP contribution in [-0.4, -0.2) is 26.8 Å². The normalized spacial score (nSPS) is 18.0. The molecule has 4 nitrogen and oxygen atoms in total. The molecule has 0 spiro atoms. The SMILES string of the molecule is Cc1cc(C(=O)NC(C)(C)C)cc2nc(C(F)(F)F)c(CC3CCC(F)(F)CC3)n12. The number of amides is 1. The molecule has 0 saturated heterocycles. The molecule has 0 atom stereocenters. The largest absolute Gasteiger partial charge is 0.435 e. The lowest BCUT2D eigenvalue weighted by molar-refractivity contribution is -0.141. The Bertz CT molecular complexity index is 946. The van der Waals surface area contributed by atoms with Crippen LogP contribution in [0.5, 0.6) is 0 Å². The number of aromatic nitrogens is 2. The summed E-state index contributed by atoms with van der Waals surface area (Å²) in [5.74, 6) is -3.41. The minimum absolute atomic E-state index is 0.0143. The lowest BCUT2D eigenvalue weighted by atomic mass is 9.83. The molecule has 1 aliphatic rings. The van der Waals surface area contributed by atoms with Gasteiger partial charge in [0.05, 0.1) is 5.69 Å². The average molecular weight is 431 g/mol. The molecular formula is C21H26F5N3O. The Balaban J connectivity index is 2.02. The molecule has 0 unspecified atom stereocenters. The van der Waals surface area contributed by atoms with Crippen LogP contribution in [0.4, 0.5) is 22.0 Å². The summed E-state index contributed by atoms with van der Waals surface area (Å²) in [4.78, 5) is 16.3. The maximum Gasteiger partial charge on any atom is 0.435 e. The summed E-state index contributed by atoms with van der Waals surface area (Å²) in [6, 6.07) is 2.86. The van der Waals surface area contributed by atoms with Gasteiger partial charge in [-0.05, 0) is 65.0 Å². The second kappa shape index (κ2) is 7.50. The minimum Gasteiger partial charge on any atom is -0.347 e. The standard InChI is InChI=1S/C21H26F5N3O/c1-12-9-14(18(30)28-19(2,3)4)11-16-27-17(21(24,25)26)15(29(12)16)10-13-5-7-20(22,23)8-6-13/h9,11,13H,5-8,10H2,1-4H3,(H,28,30). The van der Waals surface area contributed by atoms with Crippen molar-refractivity contribution in [2.75, 3.05) is 0 Å². The van der Waals surface area contributed by atoms with Crippen LogP contribution >= 0.6 is 0 Å². The number of pyridine rings is 1. The average Bonchev–Trinajstić information content (AvgIpc) is 2.94. The van der Waals surface area contributed by atoms with Gasteiger partial charge in [0.1, 0.15) is 5.65 Å². The van der Waals surface area contributed by atoms with Gasteiger partial charge in [-0.15, -0.1) is 0 Å². The Labute approximate surface area is 171 Å². The fourth-order valence-corrected chi connectivity index (χ4v) is 3.97. The molecule has 1 fully saturated rings. The zero-order valence-corrected chi connectivity index (χ0v) is 17.5. The van der Waals surface area contributed by atoms with E-state index in [1.54, 1.807) is 27.7 Å². The van der Waals surface area contributed by atoms with Gasteiger partial charge in [0.2, 0.25) is 5.92 Å². The van der Waals surface area contributed by atoms with Crippen molar-refractivity contribution < 1.29 is 26.7 Å². The highest BCUT2D eigenvalue weighted by Crippen LogP contribution is 2.40. The van der Waals surface area contributed by atoms with Gasteiger partial charge in [0, 0.05) is 29.6 Å². The number of aryl methyl sites for hydroxylation is 1. The molecule has 2 aromatic rings. The third-order valence-corrected chi connectivity index (χ3v) is 5.34. The predicted molar refractivity (Wildman–Crippen MR) is 103 cm³/mol. The van der Waals surface area contributed by atoms with E-state index in [-0.39, 0.29) is 54.9 Å². The van der Waals surface area contributed by atoms with E-state index in [1.165, 1.54) is 16.5 Å². The number of alkyl halides is 5. The third-order valence-electron chi connectivity index (χ3n) is 5.34. The van der Waals surface area contributed by atoms with Crippen molar-refractivity contribution in [3.05, 3.63) is 34.8 Å². The number of nitrogens with one attached hydrogen (secondary N) is 1. The second-order valence-electron chi connectivity index (χ2n) is 9.19. The van der Waals surface area contributed by atoms with Crippen molar-refractivity contribution in [1.29, 1.82) is 0 Å². The van der Waals surface area contributed by atoms with Crippen molar-refractivity contribution in [2.45, 2.75) is 77.4 Å². The molecule has 0 aromatic carbocycles. The van der Waals surface area contributed by atoms with Gasteiger partial charge in [0.25, 0.3) is 5.91 Å². The van der Waals surface area contributed by atoms with Gasteiger partial charge in [-0.1, -0.05) is 0 Å². The van der Waals surface area contributed by atoms with Crippen LogP contribution in [0.1, 0.15) is 73.9 Å². The summed E-state index contributed by atoms with van der Waals surface area (Å²) in [6.07, 6.45) is -4.95. The number of nitrogens with zero attached hydrogens (tertiary/aromatic N) is 2. The molecule has 0 radical (unpaired) electrons. The number of hydrogen-bond acceptors (Lipinski definition) is 2. The van der Waals surface area contributed by atoms with Gasteiger partial charge in [-0.25, -0.2) is 13.8 Å². The van der Waals surface area contributed by atoms with Gasteiger partial charge in [0.15, 0.2) is 5.69 Å². The molecule has 3 rings (SSSR count). The van der Waals surface area contributed by atoms with E-state index in [0.717, 1.165) is 0 Å². The Morgan fingerprint density at radius 1 is 1.20 bits per heavy atom. The van der Waals surface area contributed by atoms with E-state index in [4.69, 9.17) is 0 Å². The molecule has 2 heterocycles. The molecule has 1 amide bonds. The lowest BCUT2D eigenvalue weighted by Gasteiger charge is -2.28. The molecule has 1 saturated carbocycles. The minimum atomic E-state index is -4.68. The van der Waals surface area contributed by atoms with E-state index < -0.39 is 29.2 Å². The quantitative estimate of drug-likeness (QED) is 0.647. The van der Waals surface area contributed by atoms with Crippen LogP contribution in [-0.2, 0) is 12.6 Å². The number of halogens is 5. The first-order valence-electron chi connectivity index (χ1n) is 9.96. The number of imidazole rings is 1. The molecule has 0 aliphatic heterocycles. The number of carbonyl (C=O) groups is 1. The molecule has 1 N–H and O–H groups in total. The first-order valence-corrected chi connectivity index (χ1v) is 9.96. The topological polar surface area (TPSA) is 46.4 Å². The van der Waals surface area contributed by atoms with E-state index in [2.05, 4.69) is 10.3 Å². The van der Waals surface area contributed by atoms with Crippen LogP contribution in [0.15, 0.2) is 12.1 Å². The van der Waals surface area contributed by atoms with E-state index in [0.29, 0.717) is 5.69 Å². The highest BCUT2D eigenvalue weighted by atomic mass is 19.4. The lowest BCUT2D eigenvalue weighted by Crippen LogP contribution is -2.40. The van der Waals surface area contributed by atoms with E-state index in [1.807, 2.05) is 0 Å². The van der Waals surface area contributed by atoms with Crippen molar-refractivity contribution >= 4 is 11.6 Å². The molecule has 166 valence electrons. The van der Waals surface area contributed by atoms with Crippen LogP contribution in [0.3, 0.4) is 0 Å². The fourth-order valence-electron chi connectivity index (χ4n) is 3.97. The fraction of sp³-hybridized carbons (Fsp3) is 0.619. The van der Waals surface area contributed by atoms with E-state index in [9.17, 15) is 26.7 Å². The Kier molecular flexibility index (Phi) is 5.62. The number of rotatable bonds is 3. The summed E-state index contributed by atoms with van der Waals surface area (Å²) in [6.45, 7) is 7.03. The monoisotopic (exact) mass is 431 g/mol. The van der Waals surface area contributed by atoms with Crippen molar-refractivity contribution in [2.24, 2.45) is 5.92 Å². The zero-order chi connectivity index (χ0) is 22.5. The summed E-state index contributed by atoms with van der Waals surface area (Å²) in [5.41, 5.74) is -0.872.